The third-order valence-corrected chi connectivity index (χ3v) is 4.21. The summed E-state index contributed by atoms with van der Waals surface area (Å²) in [5, 5.41) is 5.48. The van der Waals surface area contributed by atoms with E-state index in [0.29, 0.717) is 17.0 Å². The number of anilines is 1. The van der Waals surface area contributed by atoms with Gasteiger partial charge in [0.25, 0.3) is 11.8 Å². The molecule has 0 unspecified atom stereocenters. The molecule has 150 valence electrons. The molecule has 5 nitrogen and oxygen atoms in total. The highest BCUT2D eigenvalue weighted by molar-refractivity contribution is 6.08. The SMILES string of the molecule is COc1cccc(NC(=O)/C(=C\C=C/c2ccccc2)NC(=O)c2ccccc2)c1. The Morgan fingerprint density at radius 2 is 1.57 bits per heavy atom. The van der Waals surface area contributed by atoms with Crippen LogP contribution in [0.4, 0.5) is 5.69 Å². The smallest absolute Gasteiger partial charge is 0.272 e. The fourth-order valence-electron chi connectivity index (χ4n) is 2.68. The molecule has 0 bridgehead atoms. The average Bonchev–Trinajstić information content (AvgIpc) is 2.79. The Balaban J connectivity index is 1.81. The molecular formula is C25H22N2O3. The molecule has 0 fully saturated rings. The number of carbonyl (C=O) groups excluding carboxylic acids is 2. The van der Waals surface area contributed by atoms with Crippen LogP contribution in [0.1, 0.15) is 15.9 Å². The van der Waals surface area contributed by atoms with E-state index in [1.807, 2.05) is 42.5 Å². The highest BCUT2D eigenvalue weighted by Crippen LogP contribution is 2.17. The normalized spacial score (nSPS) is 11.2. The largest absolute Gasteiger partial charge is 0.497 e. The van der Waals surface area contributed by atoms with Crippen molar-refractivity contribution in [1.29, 1.82) is 0 Å². The Hall–Kier alpha value is -4.12. The molecule has 3 rings (SSSR count). The summed E-state index contributed by atoms with van der Waals surface area (Å²) in [4.78, 5) is 25.4. The summed E-state index contributed by atoms with van der Waals surface area (Å²) in [5.41, 5.74) is 2.13. The lowest BCUT2D eigenvalue weighted by molar-refractivity contribution is -0.113. The van der Waals surface area contributed by atoms with Crippen LogP contribution in [0.25, 0.3) is 6.08 Å². The van der Waals surface area contributed by atoms with E-state index in [4.69, 9.17) is 4.74 Å². The van der Waals surface area contributed by atoms with Gasteiger partial charge in [0.05, 0.1) is 7.11 Å². The maximum Gasteiger partial charge on any atom is 0.272 e. The Bertz CT molecular complexity index is 1060. The van der Waals surface area contributed by atoms with E-state index in [1.165, 1.54) is 0 Å². The molecule has 0 spiro atoms. The van der Waals surface area contributed by atoms with Crippen molar-refractivity contribution in [2.45, 2.75) is 0 Å². The first-order valence-corrected chi connectivity index (χ1v) is 9.41. The number of ether oxygens (including phenoxy) is 1. The van der Waals surface area contributed by atoms with Crippen molar-refractivity contribution in [2.24, 2.45) is 0 Å². The zero-order valence-corrected chi connectivity index (χ0v) is 16.5. The minimum absolute atomic E-state index is 0.124. The number of carbonyl (C=O) groups is 2. The highest BCUT2D eigenvalue weighted by Gasteiger charge is 2.14. The number of amides is 2. The summed E-state index contributed by atoms with van der Waals surface area (Å²) in [7, 11) is 1.56. The summed E-state index contributed by atoms with van der Waals surface area (Å²) in [6, 6.07) is 25.4. The van der Waals surface area contributed by atoms with Gasteiger partial charge in [-0.15, -0.1) is 0 Å². The van der Waals surface area contributed by atoms with Gasteiger partial charge in [-0.25, -0.2) is 0 Å². The van der Waals surface area contributed by atoms with Crippen molar-refractivity contribution in [3.63, 3.8) is 0 Å². The van der Waals surface area contributed by atoms with E-state index >= 15 is 0 Å². The lowest BCUT2D eigenvalue weighted by Crippen LogP contribution is -2.30. The van der Waals surface area contributed by atoms with E-state index in [2.05, 4.69) is 10.6 Å². The number of methoxy groups -OCH3 is 1. The van der Waals surface area contributed by atoms with Crippen molar-refractivity contribution < 1.29 is 14.3 Å². The molecule has 0 saturated carbocycles. The second-order valence-corrected chi connectivity index (χ2v) is 6.36. The molecule has 0 radical (unpaired) electrons. The predicted molar refractivity (Wildman–Crippen MR) is 119 cm³/mol. The Morgan fingerprint density at radius 1 is 0.867 bits per heavy atom. The van der Waals surface area contributed by atoms with Gasteiger partial charge in [0.1, 0.15) is 11.4 Å². The molecule has 5 heteroatoms. The summed E-state index contributed by atoms with van der Waals surface area (Å²) >= 11 is 0. The van der Waals surface area contributed by atoms with Gasteiger partial charge < -0.3 is 15.4 Å². The topological polar surface area (TPSA) is 67.4 Å². The lowest BCUT2D eigenvalue weighted by atomic mass is 10.2. The molecule has 3 aromatic rings. The number of hydrogen-bond acceptors (Lipinski definition) is 3. The molecule has 2 amide bonds. The van der Waals surface area contributed by atoms with Gasteiger partial charge >= 0.3 is 0 Å². The molecule has 2 N–H and O–H groups in total. The van der Waals surface area contributed by atoms with E-state index in [0.717, 1.165) is 5.56 Å². The van der Waals surface area contributed by atoms with Gasteiger partial charge in [0.15, 0.2) is 0 Å². The maximum absolute atomic E-state index is 12.9. The van der Waals surface area contributed by atoms with Gasteiger partial charge in [-0.05, 0) is 35.9 Å². The van der Waals surface area contributed by atoms with Crippen LogP contribution in [0.2, 0.25) is 0 Å². The van der Waals surface area contributed by atoms with Gasteiger partial charge in [0, 0.05) is 17.3 Å². The molecule has 30 heavy (non-hydrogen) atoms. The Morgan fingerprint density at radius 3 is 2.27 bits per heavy atom. The average molecular weight is 398 g/mol. The van der Waals surface area contributed by atoms with Gasteiger partial charge in [-0.2, -0.15) is 0 Å². The molecule has 0 heterocycles. The molecule has 0 saturated heterocycles. The lowest BCUT2D eigenvalue weighted by Gasteiger charge is -2.11. The van der Waals surface area contributed by atoms with Gasteiger partial charge in [0.2, 0.25) is 0 Å². The molecular weight excluding hydrogens is 376 g/mol. The number of benzene rings is 3. The summed E-state index contributed by atoms with van der Waals surface area (Å²) in [5.74, 6) is -0.184. The number of allylic oxidation sites excluding steroid dienone is 2. The van der Waals surface area contributed by atoms with Crippen LogP contribution < -0.4 is 15.4 Å². The second-order valence-electron chi connectivity index (χ2n) is 6.36. The van der Waals surface area contributed by atoms with Crippen LogP contribution in [0.15, 0.2) is 103 Å². The first-order valence-electron chi connectivity index (χ1n) is 9.41. The third-order valence-electron chi connectivity index (χ3n) is 4.21. The summed E-state index contributed by atoms with van der Waals surface area (Å²) in [6.45, 7) is 0. The molecule has 0 aliphatic heterocycles. The summed E-state index contributed by atoms with van der Waals surface area (Å²) < 4.78 is 5.19. The first kappa shape index (κ1) is 20.6. The fraction of sp³-hybridized carbons (Fsp3) is 0.0400. The monoisotopic (exact) mass is 398 g/mol. The van der Waals surface area contributed by atoms with Gasteiger partial charge in [-0.1, -0.05) is 66.7 Å². The van der Waals surface area contributed by atoms with Crippen LogP contribution in [0.5, 0.6) is 5.75 Å². The quantitative estimate of drug-likeness (QED) is 0.449. The fourth-order valence-corrected chi connectivity index (χ4v) is 2.68. The number of hydrogen-bond donors (Lipinski definition) is 2. The number of nitrogens with one attached hydrogen (secondary N) is 2. The van der Waals surface area contributed by atoms with Gasteiger partial charge in [-0.3, -0.25) is 9.59 Å². The van der Waals surface area contributed by atoms with E-state index < -0.39 is 5.91 Å². The van der Waals surface area contributed by atoms with Crippen LogP contribution in [-0.2, 0) is 4.79 Å². The molecule has 0 aliphatic rings. The standard InChI is InChI=1S/C25H22N2O3/c1-30-22-16-9-15-21(18-22)26-25(29)23(17-8-12-19-10-4-2-5-11-19)27-24(28)20-13-6-3-7-14-20/h2-18H,1H3,(H,26,29)(H,27,28)/b12-8-,23-17+. The van der Waals surface area contributed by atoms with Crippen molar-refractivity contribution in [3.05, 3.63) is 114 Å². The predicted octanol–water partition coefficient (Wildman–Crippen LogP) is 4.66. The second kappa shape index (κ2) is 10.4. The maximum atomic E-state index is 12.9. The minimum atomic E-state index is -0.440. The van der Waals surface area contributed by atoms with Crippen LogP contribution in [-0.4, -0.2) is 18.9 Å². The van der Waals surface area contributed by atoms with Crippen molar-refractivity contribution >= 4 is 23.6 Å². The van der Waals surface area contributed by atoms with Crippen molar-refractivity contribution in [2.75, 3.05) is 12.4 Å². The molecule has 3 aromatic carbocycles. The zero-order valence-electron chi connectivity index (χ0n) is 16.5. The Labute approximate surface area is 175 Å². The highest BCUT2D eigenvalue weighted by atomic mass is 16.5. The summed E-state index contributed by atoms with van der Waals surface area (Å²) in [6.07, 6.45) is 5.15. The molecule has 0 atom stereocenters. The van der Waals surface area contributed by atoms with E-state index in [-0.39, 0.29) is 11.6 Å². The third kappa shape index (κ3) is 5.94. The van der Waals surface area contributed by atoms with Crippen LogP contribution in [0, 0.1) is 0 Å². The molecule has 0 aliphatic carbocycles. The number of rotatable bonds is 7. The van der Waals surface area contributed by atoms with Crippen LogP contribution in [0.3, 0.4) is 0 Å². The zero-order chi connectivity index (χ0) is 21.2. The molecule has 0 aromatic heterocycles. The van der Waals surface area contributed by atoms with Crippen molar-refractivity contribution in [3.8, 4) is 5.75 Å². The minimum Gasteiger partial charge on any atom is -0.497 e. The first-order chi connectivity index (χ1) is 14.7. The van der Waals surface area contributed by atoms with Crippen LogP contribution >= 0.6 is 0 Å². The van der Waals surface area contributed by atoms with E-state index in [1.54, 1.807) is 67.8 Å². The van der Waals surface area contributed by atoms with E-state index in [9.17, 15) is 9.59 Å². The Kier molecular flexibility index (Phi) is 7.17. The van der Waals surface area contributed by atoms with Crippen molar-refractivity contribution in [1.82, 2.24) is 5.32 Å².